The van der Waals surface area contributed by atoms with E-state index in [-0.39, 0.29) is 12.3 Å². The van der Waals surface area contributed by atoms with Crippen LogP contribution in [0.5, 0.6) is 0 Å². The average Bonchev–Trinajstić information content (AvgIpc) is 2.35. The normalized spacial score (nSPS) is 10.4. The first kappa shape index (κ1) is 11.5. The number of pyridine rings is 1. The predicted octanol–water partition coefficient (Wildman–Crippen LogP) is 2.16. The van der Waals surface area contributed by atoms with Crippen molar-refractivity contribution in [1.82, 2.24) is 4.57 Å². The van der Waals surface area contributed by atoms with E-state index in [0.717, 1.165) is 17.8 Å². The Bertz CT molecular complexity index is 537. The van der Waals surface area contributed by atoms with Gasteiger partial charge in [0.1, 0.15) is 12.5 Å². The van der Waals surface area contributed by atoms with Crippen molar-refractivity contribution in [2.45, 2.75) is 13.3 Å². The first-order valence-electron chi connectivity index (χ1n) is 5.23. The van der Waals surface area contributed by atoms with Crippen molar-refractivity contribution in [3.05, 3.63) is 70.4 Å². The average molecular weight is 233 g/mol. The SMILES string of the molecule is O=c1ccc(F)cn1COCc1ccccc1. The minimum atomic E-state index is -0.451. The fraction of sp³-hybridized carbons (Fsp3) is 0.154. The third kappa shape index (κ3) is 3.26. The smallest absolute Gasteiger partial charge is 0.252 e. The van der Waals surface area contributed by atoms with Crippen LogP contribution in [0.1, 0.15) is 5.56 Å². The molecule has 1 heterocycles. The Hall–Kier alpha value is -1.94. The van der Waals surface area contributed by atoms with E-state index in [2.05, 4.69) is 0 Å². The molecule has 17 heavy (non-hydrogen) atoms. The summed E-state index contributed by atoms with van der Waals surface area (Å²) in [5.41, 5.74) is 0.733. The van der Waals surface area contributed by atoms with E-state index in [1.165, 1.54) is 10.6 Å². The van der Waals surface area contributed by atoms with Gasteiger partial charge >= 0.3 is 0 Å². The van der Waals surface area contributed by atoms with Crippen LogP contribution >= 0.6 is 0 Å². The Morgan fingerprint density at radius 2 is 1.88 bits per heavy atom. The summed E-state index contributed by atoms with van der Waals surface area (Å²) in [5.74, 6) is -0.451. The van der Waals surface area contributed by atoms with E-state index in [1.54, 1.807) is 0 Å². The van der Waals surface area contributed by atoms with Gasteiger partial charge in [0.25, 0.3) is 5.56 Å². The Labute approximate surface area is 98.1 Å². The molecule has 0 amide bonds. The molecule has 88 valence electrons. The van der Waals surface area contributed by atoms with Crippen LogP contribution in [0.4, 0.5) is 4.39 Å². The molecule has 1 aromatic heterocycles. The minimum Gasteiger partial charge on any atom is -0.356 e. The summed E-state index contributed by atoms with van der Waals surface area (Å²) in [7, 11) is 0. The number of halogens is 1. The number of hydrogen-bond acceptors (Lipinski definition) is 2. The van der Waals surface area contributed by atoms with Crippen LogP contribution in [0.25, 0.3) is 0 Å². The van der Waals surface area contributed by atoms with E-state index in [1.807, 2.05) is 30.3 Å². The zero-order valence-electron chi connectivity index (χ0n) is 9.17. The van der Waals surface area contributed by atoms with Crippen LogP contribution in [0.15, 0.2) is 53.5 Å². The van der Waals surface area contributed by atoms with Gasteiger partial charge in [0.2, 0.25) is 0 Å². The molecule has 0 aliphatic carbocycles. The summed E-state index contributed by atoms with van der Waals surface area (Å²) >= 11 is 0. The summed E-state index contributed by atoms with van der Waals surface area (Å²) in [6, 6.07) is 11.9. The first-order valence-corrected chi connectivity index (χ1v) is 5.23. The second-order valence-corrected chi connectivity index (χ2v) is 3.62. The van der Waals surface area contributed by atoms with E-state index in [9.17, 15) is 9.18 Å². The molecular weight excluding hydrogens is 221 g/mol. The lowest BCUT2D eigenvalue weighted by Crippen LogP contribution is -2.20. The molecule has 0 saturated heterocycles. The molecule has 0 aliphatic heterocycles. The molecule has 0 aliphatic rings. The molecule has 0 unspecified atom stereocenters. The van der Waals surface area contributed by atoms with Crippen LogP contribution in [-0.4, -0.2) is 4.57 Å². The summed E-state index contributed by atoms with van der Waals surface area (Å²) < 4.78 is 19.4. The lowest BCUT2D eigenvalue weighted by atomic mass is 10.2. The Morgan fingerprint density at radius 1 is 1.12 bits per heavy atom. The summed E-state index contributed by atoms with van der Waals surface area (Å²) in [6.07, 6.45) is 1.13. The second kappa shape index (κ2) is 5.41. The molecule has 0 radical (unpaired) electrons. The molecule has 0 bridgehead atoms. The van der Waals surface area contributed by atoms with Crippen LogP contribution in [0.3, 0.4) is 0 Å². The maximum Gasteiger partial charge on any atom is 0.252 e. The minimum absolute atomic E-state index is 0.0471. The van der Waals surface area contributed by atoms with E-state index >= 15 is 0 Å². The zero-order valence-corrected chi connectivity index (χ0v) is 9.17. The van der Waals surface area contributed by atoms with Gasteiger partial charge < -0.3 is 4.74 Å². The highest BCUT2D eigenvalue weighted by atomic mass is 19.1. The molecule has 0 N–H and O–H groups in total. The van der Waals surface area contributed by atoms with Gasteiger partial charge in [0.05, 0.1) is 6.61 Å². The number of nitrogens with zero attached hydrogens (tertiary/aromatic N) is 1. The fourth-order valence-corrected chi connectivity index (χ4v) is 1.44. The zero-order chi connectivity index (χ0) is 12.1. The van der Waals surface area contributed by atoms with Gasteiger partial charge in [0.15, 0.2) is 0 Å². The third-order valence-corrected chi connectivity index (χ3v) is 2.29. The van der Waals surface area contributed by atoms with Crippen molar-refractivity contribution in [2.75, 3.05) is 0 Å². The molecule has 2 aromatic rings. The monoisotopic (exact) mass is 233 g/mol. The summed E-state index contributed by atoms with van der Waals surface area (Å²) in [6.45, 7) is 0.440. The number of benzene rings is 1. The Balaban J connectivity index is 1.94. The maximum absolute atomic E-state index is 12.9. The number of rotatable bonds is 4. The Kier molecular flexibility index (Phi) is 3.67. The van der Waals surface area contributed by atoms with Gasteiger partial charge in [-0.05, 0) is 11.6 Å². The topological polar surface area (TPSA) is 31.2 Å². The van der Waals surface area contributed by atoms with E-state index in [0.29, 0.717) is 6.61 Å². The van der Waals surface area contributed by atoms with Crippen molar-refractivity contribution >= 4 is 0 Å². The molecule has 0 fully saturated rings. The largest absolute Gasteiger partial charge is 0.356 e. The van der Waals surface area contributed by atoms with Gasteiger partial charge in [-0.15, -0.1) is 0 Å². The second-order valence-electron chi connectivity index (χ2n) is 3.62. The maximum atomic E-state index is 12.9. The number of aromatic nitrogens is 1. The number of ether oxygens (including phenoxy) is 1. The van der Waals surface area contributed by atoms with Gasteiger partial charge in [-0.25, -0.2) is 4.39 Å². The van der Waals surface area contributed by atoms with Gasteiger partial charge in [-0.1, -0.05) is 30.3 Å². The van der Waals surface area contributed by atoms with Crippen molar-refractivity contribution in [3.8, 4) is 0 Å². The highest BCUT2D eigenvalue weighted by molar-refractivity contribution is 5.13. The Morgan fingerprint density at radius 3 is 2.65 bits per heavy atom. The molecule has 0 spiro atoms. The molecular formula is C13H12FNO2. The standard InChI is InChI=1S/C13H12FNO2/c14-12-6-7-13(16)15(8-12)10-17-9-11-4-2-1-3-5-11/h1-8H,9-10H2. The lowest BCUT2D eigenvalue weighted by molar-refractivity contribution is 0.0611. The molecule has 2 rings (SSSR count). The third-order valence-electron chi connectivity index (χ3n) is 2.29. The molecule has 0 atom stereocenters. The van der Waals surface area contributed by atoms with Crippen molar-refractivity contribution in [1.29, 1.82) is 0 Å². The summed E-state index contributed by atoms with van der Waals surface area (Å²) in [5, 5.41) is 0. The summed E-state index contributed by atoms with van der Waals surface area (Å²) in [4.78, 5) is 11.3. The fourth-order valence-electron chi connectivity index (χ4n) is 1.44. The van der Waals surface area contributed by atoms with Crippen LogP contribution < -0.4 is 5.56 Å². The van der Waals surface area contributed by atoms with Gasteiger partial charge in [-0.2, -0.15) is 0 Å². The van der Waals surface area contributed by atoms with E-state index < -0.39 is 5.82 Å². The molecule has 1 aromatic carbocycles. The quantitative estimate of drug-likeness (QED) is 0.810. The van der Waals surface area contributed by atoms with Gasteiger partial charge in [0, 0.05) is 12.3 Å². The van der Waals surface area contributed by atoms with Crippen molar-refractivity contribution < 1.29 is 9.13 Å². The molecule has 4 heteroatoms. The van der Waals surface area contributed by atoms with Crippen LogP contribution in [0, 0.1) is 5.82 Å². The number of hydrogen-bond donors (Lipinski definition) is 0. The van der Waals surface area contributed by atoms with Crippen molar-refractivity contribution in [2.24, 2.45) is 0 Å². The molecule has 3 nitrogen and oxygen atoms in total. The van der Waals surface area contributed by atoms with Crippen LogP contribution in [-0.2, 0) is 18.1 Å². The highest BCUT2D eigenvalue weighted by Crippen LogP contribution is 2.01. The van der Waals surface area contributed by atoms with E-state index in [4.69, 9.17) is 4.74 Å². The first-order chi connectivity index (χ1) is 8.25. The van der Waals surface area contributed by atoms with Crippen LogP contribution in [0.2, 0.25) is 0 Å². The van der Waals surface area contributed by atoms with Crippen molar-refractivity contribution in [3.63, 3.8) is 0 Å². The lowest BCUT2D eigenvalue weighted by Gasteiger charge is -2.06. The molecule has 0 saturated carbocycles. The highest BCUT2D eigenvalue weighted by Gasteiger charge is 1.98. The predicted molar refractivity (Wildman–Crippen MR) is 61.9 cm³/mol. The van der Waals surface area contributed by atoms with Gasteiger partial charge in [-0.3, -0.25) is 9.36 Å².